The molecule has 0 aliphatic heterocycles. The van der Waals surface area contributed by atoms with Gasteiger partial charge in [-0.2, -0.15) is 13.2 Å². The van der Waals surface area contributed by atoms with Crippen molar-refractivity contribution in [2.75, 3.05) is 13.7 Å². The van der Waals surface area contributed by atoms with E-state index in [1.165, 1.54) is 19.2 Å². The van der Waals surface area contributed by atoms with E-state index in [-0.39, 0.29) is 0 Å². The molecule has 1 aromatic carbocycles. The van der Waals surface area contributed by atoms with Crippen molar-refractivity contribution in [3.8, 4) is 0 Å². The van der Waals surface area contributed by atoms with Crippen molar-refractivity contribution in [3.05, 3.63) is 35.4 Å². The molecular formula is C15H18F3NO2. The van der Waals surface area contributed by atoms with Gasteiger partial charge in [0, 0.05) is 12.6 Å². The average Bonchev–Trinajstić information content (AvgIpc) is 2.40. The number of hydrogen-bond donors (Lipinski definition) is 1. The van der Waals surface area contributed by atoms with E-state index in [4.69, 9.17) is 4.74 Å². The first-order valence-electron chi connectivity index (χ1n) is 6.90. The first kappa shape index (κ1) is 15.8. The number of esters is 1. The van der Waals surface area contributed by atoms with Gasteiger partial charge in [-0.3, -0.25) is 4.79 Å². The van der Waals surface area contributed by atoms with E-state index in [1.807, 2.05) is 0 Å². The van der Waals surface area contributed by atoms with Crippen LogP contribution in [0.3, 0.4) is 0 Å². The lowest BCUT2D eigenvalue weighted by Crippen LogP contribution is -2.39. The summed E-state index contributed by atoms with van der Waals surface area (Å²) in [5, 5.41) is 3.21. The summed E-state index contributed by atoms with van der Waals surface area (Å²) in [5.41, 5.74) is -0.430. The van der Waals surface area contributed by atoms with Crippen LogP contribution in [0.25, 0.3) is 0 Å². The van der Waals surface area contributed by atoms with Gasteiger partial charge < -0.3 is 10.1 Å². The predicted octanol–water partition coefficient (Wildman–Crippen LogP) is 3.10. The summed E-state index contributed by atoms with van der Waals surface area (Å²) in [6, 6.07) is 5.21. The van der Waals surface area contributed by atoms with E-state index in [0.29, 0.717) is 18.2 Å². The van der Waals surface area contributed by atoms with Crippen molar-refractivity contribution in [1.82, 2.24) is 5.32 Å². The first-order valence-corrected chi connectivity index (χ1v) is 6.90. The Bertz CT molecular complexity index is 498. The Morgan fingerprint density at radius 1 is 1.43 bits per heavy atom. The monoisotopic (exact) mass is 301 g/mol. The minimum absolute atomic E-state index is 0.290. The molecule has 1 aromatic rings. The number of benzene rings is 1. The van der Waals surface area contributed by atoms with E-state index in [0.717, 1.165) is 31.4 Å². The molecule has 2 rings (SSSR count). The van der Waals surface area contributed by atoms with Gasteiger partial charge >= 0.3 is 12.1 Å². The fraction of sp³-hybridized carbons (Fsp3) is 0.533. The number of ether oxygens (including phenoxy) is 1. The molecule has 1 aliphatic rings. The van der Waals surface area contributed by atoms with Crippen LogP contribution in [-0.2, 0) is 15.7 Å². The second-order valence-corrected chi connectivity index (χ2v) is 5.24. The van der Waals surface area contributed by atoms with Gasteiger partial charge in [-0.05, 0) is 24.5 Å². The number of carbonyl (C=O) groups is 1. The van der Waals surface area contributed by atoms with Gasteiger partial charge in [0.2, 0.25) is 0 Å². The number of halogens is 3. The molecule has 0 amide bonds. The van der Waals surface area contributed by atoms with Crippen molar-refractivity contribution < 1.29 is 22.7 Å². The zero-order chi connectivity index (χ0) is 15.5. The molecule has 0 aromatic heterocycles. The highest BCUT2D eigenvalue weighted by molar-refractivity contribution is 5.78. The highest BCUT2D eigenvalue weighted by Gasteiger charge is 2.32. The normalized spacial score (nSPS) is 17.1. The Kier molecular flexibility index (Phi) is 4.88. The predicted molar refractivity (Wildman–Crippen MR) is 71.8 cm³/mol. The molecule has 21 heavy (non-hydrogen) atoms. The molecule has 0 saturated heterocycles. The van der Waals surface area contributed by atoms with Crippen molar-refractivity contribution in [2.24, 2.45) is 0 Å². The molecule has 0 bridgehead atoms. The molecule has 1 N–H and O–H groups in total. The van der Waals surface area contributed by atoms with Crippen molar-refractivity contribution in [3.63, 3.8) is 0 Å². The molecule has 0 radical (unpaired) electrons. The van der Waals surface area contributed by atoms with Gasteiger partial charge in [0.05, 0.1) is 18.6 Å². The summed E-state index contributed by atoms with van der Waals surface area (Å²) in [7, 11) is 1.24. The minimum Gasteiger partial charge on any atom is -0.469 e. The Morgan fingerprint density at radius 3 is 2.67 bits per heavy atom. The molecule has 1 fully saturated rings. The second-order valence-electron chi connectivity index (χ2n) is 5.24. The summed E-state index contributed by atoms with van der Waals surface area (Å²) < 4.78 is 43.0. The van der Waals surface area contributed by atoms with Gasteiger partial charge in [0.15, 0.2) is 0 Å². The molecule has 1 atom stereocenters. The fourth-order valence-corrected chi connectivity index (χ4v) is 2.31. The highest BCUT2D eigenvalue weighted by Crippen LogP contribution is 2.31. The number of methoxy groups -OCH3 is 1. The fourth-order valence-electron chi connectivity index (χ4n) is 2.31. The maximum absolute atomic E-state index is 12.8. The summed E-state index contributed by atoms with van der Waals surface area (Å²) in [4.78, 5) is 11.8. The van der Waals surface area contributed by atoms with Crippen LogP contribution in [0.1, 0.15) is 36.3 Å². The van der Waals surface area contributed by atoms with Crippen LogP contribution in [0, 0.1) is 0 Å². The lowest BCUT2D eigenvalue weighted by Gasteiger charge is -2.28. The Hall–Kier alpha value is -1.56. The van der Waals surface area contributed by atoms with E-state index < -0.39 is 23.6 Å². The van der Waals surface area contributed by atoms with Crippen LogP contribution in [0.4, 0.5) is 13.2 Å². The van der Waals surface area contributed by atoms with Crippen molar-refractivity contribution >= 4 is 5.97 Å². The average molecular weight is 301 g/mol. The minimum atomic E-state index is -4.42. The molecular weight excluding hydrogens is 283 g/mol. The topological polar surface area (TPSA) is 38.3 Å². The van der Waals surface area contributed by atoms with Gasteiger partial charge in [0.1, 0.15) is 0 Å². The lowest BCUT2D eigenvalue weighted by molar-refractivity contribution is -0.143. The quantitative estimate of drug-likeness (QED) is 0.849. The van der Waals surface area contributed by atoms with E-state index in [1.54, 1.807) is 0 Å². The van der Waals surface area contributed by atoms with Crippen LogP contribution in [0.5, 0.6) is 0 Å². The molecule has 1 saturated carbocycles. The standard InChI is InChI=1S/C15H18F3NO2/c1-21-14(20)13(9-19-12-6-3-7-12)10-4-2-5-11(8-10)15(16,17)18/h2,4-5,8,12-13,19H,3,6-7,9H2,1H3. The molecule has 3 nitrogen and oxygen atoms in total. The maximum Gasteiger partial charge on any atom is 0.416 e. The molecule has 0 spiro atoms. The highest BCUT2D eigenvalue weighted by atomic mass is 19.4. The van der Waals surface area contributed by atoms with Crippen molar-refractivity contribution in [2.45, 2.75) is 37.4 Å². The Balaban J connectivity index is 2.16. The van der Waals surface area contributed by atoms with Gasteiger partial charge in [0.25, 0.3) is 0 Å². The Labute approximate surface area is 121 Å². The third-order valence-electron chi connectivity index (χ3n) is 3.82. The second kappa shape index (κ2) is 6.47. The van der Waals surface area contributed by atoms with Crippen LogP contribution >= 0.6 is 0 Å². The third-order valence-corrected chi connectivity index (χ3v) is 3.82. The molecule has 0 heterocycles. The molecule has 1 unspecified atom stereocenters. The summed E-state index contributed by atoms with van der Waals surface area (Å²) >= 11 is 0. The number of hydrogen-bond acceptors (Lipinski definition) is 3. The summed E-state index contributed by atoms with van der Waals surface area (Å²) in [6.07, 6.45) is -1.20. The molecule has 1 aliphatic carbocycles. The number of alkyl halides is 3. The van der Waals surface area contributed by atoms with E-state index >= 15 is 0 Å². The summed E-state index contributed by atoms with van der Waals surface area (Å²) in [5.74, 6) is -1.25. The van der Waals surface area contributed by atoms with Crippen LogP contribution in [-0.4, -0.2) is 25.7 Å². The summed E-state index contributed by atoms with van der Waals surface area (Å²) in [6.45, 7) is 0.290. The first-order chi connectivity index (χ1) is 9.91. The van der Waals surface area contributed by atoms with Gasteiger partial charge in [-0.15, -0.1) is 0 Å². The number of carbonyl (C=O) groups excluding carboxylic acids is 1. The SMILES string of the molecule is COC(=O)C(CNC1CCC1)c1cccc(C(F)(F)F)c1. The maximum atomic E-state index is 12.8. The smallest absolute Gasteiger partial charge is 0.416 e. The molecule has 6 heteroatoms. The Morgan fingerprint density at radius 2 is 2.14 bits per heavy atom. The number of rotatable bonds is 5. The van der Waals surface area contributed by atoms with Crippen molar-refractivity contribution in [1.29, 1.82) is 0 Å². The van der Waals surface area contributed by atoms with Gasteiger partial charge in [-0.1, -0.05) is 24.6 Å². The molecule has 116 valence electrons. The third kappa shape index (κ3) is 3.97. The van der Waals surface area contributed by atoms with Crippen LogP contribution < -0.4 is 5.32 Å². The van der Waals surface area contributed by atoms with Gasteiger partial charge in [-0.25, -0.2) is 0 Å². The zero-order valence-electron chi connectivity index (χ0n) is 11.7. The number of nitrogens with one attached hydrogen (secondary N) is 1. The van der Waals surface area contributed by atoms with Crippen LogP contribution in [0.15, 0.2) is 24.3 Å². The zero-order valence-corrected chi connectivity index (χ0v) is 11.7. The lowest BCUT2D eigenvalue weighted by atomic mass is 9.91. The van der Waals surface area contributed by atoms with E-state index in [2.05, 4.69) is 5.32 Å². The van der Waals surface area contributed by atoms with Crippen LogP contribution in [0.2, 0.25) is 0 Å². The van der Waals surface area contributed by atoms with E-state index in [9.17, 15) is 18.0 Å². The largest absolute Gasteiger partial charge is 0.469 e.